The van der Waals surface area contributed by atoms with Gasteiger partial charge in [-0.2, -0.15) is 5.10 Å². The number of nitrogens with one attached hydrogen (secondary N) is 1. The van der Waals surface area contributed by atoms with Crippen molar-refractivity contribution in [1.82, 2.24) is 15.1 Å². The fraction of sp³-hybridized carbons (Fsp3) is 0.692. The van der Waals surface area contributed by atoms with Crippen LogP contribution in [0.15, 0.2) is 12.4 Å². The molecule has 3 saturated carbocycles. The van der Waals surface area contributed by atoms with E-state index in [4.69, 9.17) is 0 Å². The van der Waals surface area contributed by atoms with Crippen molar-refractivity contribution in [2.24, 2.45) is 17.3 Å². The lowest BCUT2D eigenvalue weighted by Gasteiger charge is -2.35. The highest BCUT2D eigenvalue weighted by molar-refractivity contribution is 5.93. The van der Waals surface area contributed by atoms with E-state index in [2.05, 4.69) is 15.1 Å². The van der Waals surface area contributed by atoms with Crippen molar-refractivity contribution in [2.75, 3.05) is 7.05 Å². The van der Waals surface area contributed by atoms with E-state index in [9.17, 15) is 4.79 Å². The van der Waals surface area contributed by atoms with E-state index < -0.39 is 0 Å². The summed E-state index contributed by atoms with van der Waals surface area (Å²) in [7, 11) is 1.66. The van der Waals surface area contributed by atoms with Gasteiger partial charge in [0.15, 0.2) is 0 Å². The van der Waals surface area contributed by atoms with Crippen LogP contribution in [0.1, 0.15) is 42.1 Å². The molecule has 3 aliphatic rings. The molecule has 0 bridgehead atoms. The van der Waals surface area contributed by atoms with Gasteiger partial charge in [0.25, 0.3) is 5.91 Å². The SMILES string of the molecule is CNC(=O)c1cnn(C2C3CCC4CCC432)c1. The van der Waals surface area contributed by atoms with E-state index in [1.165, 1.54) is 25.7 Å². The third kappa shape index (κ3) is 0.996. The highest BCUT2D eigenvalue weighted by Gasteiger charge is 2.75. The van der Waals surface area contributed by atoms with Crippen molar-refractivity contribution in [3.05, 3.63) is 18.0 Å². The van der Waals surface area contributed by atoms with Gasteiger partial charge in [0.05, 0.1) is 17.8 Å². The van der Waals surface area contributed by atoms with Crippen LogP contribution in [0.5, 0.6) is 0 Å². The molecule has 3 aliphatic carbocycles. The molecule has 1 amide bonds. The quantitative estimate of drug-likeness (QED) is 0.840. The molecular weight excluding hydrogens is 214 g/mol. The topological polar surface area (TPSA) is 46.9 Å². The molecule has 17 heavy (non-hydrogen) atoms. The fourth-order valence-electron chi connectivity index (χ4n) is 4.48. The van der Waals surface area contributed by atoms with Crippen LogP contribution >= 0.6 is 0 Å². The Morgan fingerprint density at radius 2 is 2.41 bits per heavy atom. The van der Waals surface area contributed by atoms with Crippen LogP contribution in [0.3, 0.4) is 0 Å². The Kier molecular flexibility index (Phi) is 1.66. The molecule has 0 radical (unpaired) electrons. The van der Waals surface area contributed by atoms with Gasteiger partial charge in [-0.15, -0.1) is 0 Å². The van der Waals surface area contributed by atoms with Gasteiger partial charge in [0.1, 0.15) is 0 Å². The molecule has 4 rings (SSSR count). The lowest BCUT2D eigenvalue weighted by atomic mass is 9.70. The molecule has 4 nitrogen and oxygen atoms in total. The van der Waals surface area contributed by atoms with Crippen molar-refractivity contribution in [3.63, 3.8) is 0 Å². The fourth-order valence-corrected chi connectivity index (χ4v) is 4.48. The first kappa shape index (κ1) is 9.68. The molecule has 1 aromatic rings. The van der Waals surface area contributed by atoms with E-state index in [1.807, 2.05) is 6.20 Å². The average Bonchev–Trinajstić information content (AvgIpc) is 2.65. The van der Waals surface area contributed by atoms with E-state index in [0.29, 0.717) is 17.0 Å². The lowest BCUT2D eigenvalue weighted by molar-refractivity contribution is 0.0962. The summed E-state index contributed by atoms with van der Waals surface area (Å²) in [6.07, 6.45) is 9.19. The van der Waals surface area contributed by atoms with Crippen LogP contribution < -0.4 is 5.32 Å². The minimum atomic E-state index is -0.0373. The minimum absolute atomic E-state index is 0.0373. The standard InChI is InChI=1S/C13H17N3O/c1-14-12(17)8-6-15-16(7-8)11-10-3-2-9-4-5-13(9,10)11/h6-7,9-11H,2-5H2,1H3,(H,14,17). The molecule has 0 aliphatic heterocycles. The number of amides is 1. The minimum Gasteiger partial charge on any atom is -0.355 e. The molecule has 3 fully saturated rings. The number of rotatable bonds is 2. The molecule has 1 heterocycles. The average molecular weight is 231 g/mol. The summed E-state index contributed by atoms with van der Waals surface area (Å²) in [5, 5.41) is 7.04. The zero-order valence-electron chi connectivity index (χ0n) is 10.0. The van der Waals surface area contributed by atoms with Gasteiger partial charge in [0.2, 0.25) is 0 Å². The van der Waals surface area contributed by atoms with Crippen molar-refractivity contribution in [2.45, 2.75) is 31.7 Å². The molecule has 1 aromatic heterocycles. The van der Waals surface area contributed by atoms with Crippen LogP contribution in [0.4, 0.5) is 0 Å². The first-order valence-corrected chi connectivity index (χ1v) is 6.53. The Morgan fingerprint density at radius 3 is 3.06 bits per heavy atom. The van der Waals surface area contributed by atoms with E-state index in [1.54, 1.807) is 13.2 Å². The van der Waals surface area contributed by atoms with Gasteiger partial charge in [-0.3, -0.25) is 9.48 Å². The molecule has 4 heteroatoms. The van der Waals surface area contributed by atoms with E-state index in [0.717, 1.165) is 11.8 Å². The van der Waals surface area contributed by atoms with Crippen molar-refractivity contribution >= 4 is 5.91 Å². The highest BCUT2D eigenvalue weighted by Crippen LogP contribution is 2.81. The van der Waals surface area contributed by atoms with Gasteiger partial charge in [-0.05, 0) is 37.5 Å². The molecule has 90 valence electrons. The van der Waals surface area contributed by atoms with Crippen LogP contribution in [0.25, 0.3) is 0 Å². The molecule has 4 atom stereocenters. The monoisotopic (exact) mass is 231 g/mol. The second kappa shape index (κ2) is 2.92. The molecule has 4 unspecified atom stereocenters. The maximum atomic E-state index is 11.5. The number of hydrogen-bond acceptors (Lipinski definition) is 2. The zero-order chi connectivity index (χ0) is 11.6. The second-order valence-electron chi connectivity index (χ2n) is 5.76. The molecule has 0 aromatic carbocycles. The first-order valence-electron chi connectivity index (χ1n) is 6.53. The van der Waals surface area contributed by atoms with Gasteiger partial charge in [0, 0.05) is 18.7 Å². The van der Waals surface area contributed by atoms with Crippen LogP contribution in [-0.2, 0) is 0 Å². The molecular formula is C13H17N3O. The van der Waals surface area contributed by atoms with Crippen molar-refractivity contribution in [1.29, 1.82) is 0 Å². The number of hydrogen-bond donors (Lipinski definition) is 1. The zero-order valence-corrected chi connectivity index (χ0v) is 10.0. The van der Waals surface area contributed by atoms with Gasteiger partial charge in [-0.1, -0.05) is 0 Å². The first-order chi connectivity index (χ1) is 8.27. The predicted molar refractivity (Wildman–Crippen MR) is 62.5 cm³/mol. The smallest absolute Gasteiger partial charge is 0.254 e. The summed E-state index contributed by atoms with van der Waals surface area (Å²) in [5.41, 5.74) is 1.27. The maximum Gasteiger partial charge on any atom is 0.254 e. The molecule has 1 N–H and O–H groups in total. The number of carbonyl (C=O) groups excluding carboxylic acids is 1. The van der Waals surface area contributed by atoms with Crippen LogP contribution in [-0.4, -0.2) is 22.7 Å². The summed E-state index contributed by atoms with van der Waals surface area (Å²) >= 11 is 0. The van der Waals surface area contributed by atoms with Crippen molar-refractivity contribution < 1.29 is 4.79 Å². The van der Waals surface area contributed by atoms with E-state index >= 15 is 0 Å². The summed E-state index contributed by atoms with van der Waals surface area (Å²) in [5.74, 6) is 1.76. The van der Waals surface area contributed by atoms with Gasteiger partial charge in [-0.25, -0.2) is 0 Å². The molecule has 1 spiro atoms. The lowest BCUT2D eigenvalue weighted by Crippen LogP contribution is -2.28. The number of carbonyl (C=O) groups is 1. The Morgan fingerprint density at radius 1 is 1.53 bits per heavy atom. The third-order valence-electron chi connectivity index (χ3n) is 5.40. The van der Waals surface area contributed by atoms with Gasteiger partial charge < -0.3 is 5.32 Å². The van der Waals surface area contributed by atoms with Crippen molar-refractivity contribution in [3.8, 4) is 0 Å². The third-order valence-corrected chi connectivity index (χ3v) is 5.40. The Balaban J connectivity index is 1.61. The van der Waals surface area contributed by atoms with Crippen LogP contribution in [0, 0.1) is 17.3 Å². The normalized spacial score (nSPS) is 41.4. The maximum absolute atomic E-state index is 11.5. The molecule has 0 saturated heterocycles. The Hall–Kier alpha value is -1.32. The van der Waals surface area contributed by atoms with Crippen LogP contribution in [0.2, 0.25) is 0 Å². The van der Waals surface area contributed by atoms with E-state index in [-0.39, 0.29) is 5.91 Å². The Labute approximate surface area is 100 Å². The number of aromatic nitrogens is 2. The largest absolute Gasteiger partial charge is 0.355 e. The summed E-state index contributed by atoms with van der Waals surface area (Å²) in [4.78, 5) is 11.5. The highest BCUT2D eigenvalue weighted by atomic mass is 16.1. The summed E-state index contributed by atoms with van der Waals surface area (Å²) in [6, 6.07) is 0.591. The number of nitrogens with zero attached hydrogens (tertiary/aromatic N) is 2. The second-order valence-corrected chi connectivity index (χ2v) is 5.76. The summed E-state index contributed by atoms with van der Waals surface area (Å²) in [6.45, 7) is 0. The Bertz CT molecular complexity index is 495. The van der Waals surface area contributed by atoms with Gasteiger partial charge >= 0.3 is 0 Å². The summed E-state index contributed by atoms with van der Waals surface area (Å²) < 4.78 is 2.06. The predicted octanol–water partition coefficient (Wildman–Crippen LogP) is 1.60.